The Morgan fingerprint density at radius 2 is 1.52 bits per heavy atom. The molecule has 11 nitrogen and oxygen atoms in total. The third-order valence-corrected chi connectivity index (χ3v) is 16.0. The van der Waals surface area contributed by atoms with Crippen molar-refractivity contribution in [2.24, 2.45) is 5.92 Å². The van der Waals surface area contributed by atoms with Crippen molar-refractivity contribution in [1.29, 1.82) is 0 Å². The highest BCUT2D eigenvalue weighted by Gasteiger charge is 2.48. The van der Waals surface area contributed by atoms with Crippen molar-refractivity contribution in [2.75, 3.05) is 48.8 Å². The summed E-state index contributed by atoms with van der Waals surface area (Å²) in [4.78, 5) is 16.2. The molecule has 2 fully saturated rings. The van der Waals surface area contributed by atoms with E-state index in [0.29, 0.717) is 55.7 Å². The number of rotatable bonds is 17. The summed E-state index contributed by atoms with van der Waals surface area (Å²) >= 11 is 7.51. The van der Waals surface area contributed by atoms with Crippen LogP contribution in [0.4, 0.5) is 24.5 Å². The number of hydrogen-bond acceptors (Lipinski definition) is 11. The third-order valence-electron chi connectivity index (χ3n) is 11.8. The van der Waals surface area contributed by atoms with Gasteiger partial charge in [-0.05, 0) is 115 Å². The topological polar surface area (TPSA) is 156 Å². The average Bonchev–Trinajstić information content (AvgIpc) is 3.28. The maximum absolute atomic E-state index is 14.2. The minimum Gasteiger partial charge on any atom is -0.395 e. The number of β-amino-alcohol motifs (C(OH)–C–C–N with tert-alkyl or cyclic N) is 1. The van der Waals surface area contributed by atoms with Crippen molar-refractivity contribution in [3.05, 3.63) is 137 Å². The van der Waals surface area contributed by atoms with Gasteiger partial charge in [0.1, 0.15) is 4.90 Å². The number of sulfone groups is 1. The van der Waals surface area contributed by atoms with Gasteiger partial charge in [-0.25, -0.2) is 21.6 Å². The molecule has 0 aliphatic carbocycles. The lowest BCUT2D eigenvalue weighted by atomic mass is 9.84. The Bertz CT molecular complexity index is 2620. The molecule has 64 heavy (non-hydrogen) atoms. The van der Waals surface area contributed by atoms with Crippen LogP contribution in [0.2, 0.25) is 5.02 Å². The van der Waals surface area contributed by atoms with E-state index in [2.05, 4.69) is 10.2 Å². The van der Waals surface area contributed by atoms with Gasteiger partial charge >= 0.3 is 5.51 Å². The van der Waals surface area contributed by atoms with E-state index in [1.807, 2.05) is 88.5 Å². The van der Waals surface area contributed by atoms with Gasteiger partial charge in [0.2, 0.25) is 0 Å². The van der Waals surface area contributed by atoms with Crippen LogP contribution in [-0.2, 0) is 19.9 Å². The monoisotopic (exact) mass is 956 g/mol. The molecule has 5 aromatic rings. The first-order valence-corrected chi connectivity index (χ1v) is 25.1. The van der Waals surface area contributed by atoms with Crippen LogP contribution in [0.1, 0.15) is 47.7 Å². The maximum Gasteiger partial charge on any atom is 0.501 e. The maximum atomic E-state index is 14.2. The number of aliphatic hydroxyl groups excluding tert-OH is 2. The predicted octanol–water partition coefficient (Wildman–Crippen LogP) is 8.40. The number of likely N-dealkylation sites (tertiary alicyclic amines) is 1. The highest BCUT2D eigenvalue weighted by molar-refractivity contribution is 7.99. The molecule has 2 heterocycles. The van der Waals surface area contributed by atoms with Crippen LogP contribution in [0.5, 0.6) is 0 Å². The van der Waals surface area contributed by atoms with Gasteiger partial charge in [0, 0.05) is 65.2 Å². The molecule has 4 N–H and O–H groups in total. The normalized spacial score (nSPS) is 17.3. The largest absolute Gasteiger partial charge is 0.501 e. The minimum atomic E-state index is -6.09. The van der Waals surface area contributed by atoms with Gasteiger partial charge < -0.3 is 20.4 Å². The van der Waals surface area contributed by atoms with Crippen LogP contribution in [0.15, 0.2) is 136 Å². The number of halogens is 4. The summed E-state index contributed by atoms with van der Waals surface area (Å²) in [5.41, 5.74) is -2.80. The molecule has 0 saturated carbocycles. The van der Waals surface area contributed by atoms with Crippen molar-refractivity contribution >= 4 is 60.5 Å². The number of carbonyl (C=O) groups is 1. The Kier molecular flexibility index (Phi) is 15.0. The first-order chi connectivity index (χ1) is 30.5. The van der Waals surface area contributed by atoms with Crippen LogP contribution in [-0.4, -0.2) is 94.0 Å². The second-order valence-corrected chi connectivity index (χ2v) is 21.0. The summed E-state index contributed by atoms with van der Waals surface area (Å²) in [6, 6.07) is 32.3. The lowest BCUT2D eigenvalue weighted by Gasteiger charge is -2.42. The molecule has 2 aliphatic rings. The Balaban J connectivity index is 1.03. The van der Waals surface area contributed by atoms with E-state index < -0.39 is 58.9 Å². The fourth-order valence-electron chi connectivity index (χ4n) is 8.19. The Labute approximate surface area is 380 Å². The van der Waals surface area contributed by atoms with E-state index in [4.69, 9.17) is 11.6 Å². The van der Waals surface area contributed by atoms with Gasteiger partial charge in [-0.3, -0.25) is 9.69 Å². The lowest BCUT2D eigenvalue weighted by Crippen LogP contribution is -2.51. The number of nitrogens with zero attached hydrogens (tertiary/aromatic N) is 2. The van der Waals surface area contributed by atoms with E-state index in [9.17, 15) is 45.0 Å². The molecule has 2 saturated heterocycles. The molecule has 1 amide bonds. The number of carbonyl (C=O) groups excluding carboxylic acids is 1. The summed E-state index contributed by atoms with van der Waals surface area (Å²) < 4.78 is 97.5. The van der Waals surface area contributed by atoms with Crippen LogP contribution in [0.25, 0.3) is 11.1 Å². The average molecular weight is 958 g/mol. The number of amides is 1. The number of piperidine rings is 1. The number of aliphatic hydroxyl groups is 2. The molecule has 0 bridgehead atoms. The van der Waals surface area contributed by atoms with Crippen LogP contribution >= 0.6 is 23.4 Å². The molecule has 1 unspecified atom stereocenters. The summed E-state index contributed by atoms with van der Waals surface area (Å²) in [5, 5.41) is 24.6. The standard InChI is InChI=1S/C46H48ClF3N4O7S3/c47-34-14-10-31(11-15-34)40-8-4-5-9-41(40)44(56)32-20-23-53(24-21-32)36-16-12-33(13-17-36)45(57)52-64(60,61)39-18-19-42(43(29-39)63(58,59)46(48,49)50)51-35(28-37-22-25-54(37)26-27-55)30-62-38-6-2-1-3-7-38/h1-19,29,32,35,37,44,51,55-56H,20-28,30H2,(H,52,57)/t35-,37?,44+/m1/s1. The van der Waals surface area contributed by atoms with Crippen molar-refractivity contribution in [2.45, 2.75) is 64.1 Å². The van der Waals surface area contributed by atoms with Gasteiger partial charge in [-0.15, -0.1) is 11.8 Å². The zero-order valence-corrected chi connectivity index (χ0v) is 37.7. The third kappa shape index (κ3) is 11.1. The van der Waals surface area contributed by atoms with Crippen molar-refractivity contribution in [1.82, 2.24) is 9.62 Å². The highest BCUT2D eigenvalue weighted by Crippen LogP contribution is 2.39. The quantitative estimate of drug-likeness (QED) is 0.0665. The Morgan fingerprint density at radius 1 is 0.844 bits per heavy atom. The summed E-state index contributed by atoms with van der Waals surface area (Å²) in [6.45, 7) is 2.28. The van der Waals surface area contributed by atoms with Gasteiger partial charge in [0.15, 0.2) is 0 Å². The van der Waals surface area contributed by atoms with Crippen LogP contribution in [0, 0.1) is 5.92 Å². The van der Waals surface area contributed by atoms with Crippen molar-refractivity contribution < 1.29 is 45.0 Å². The zero-order valence-electron chi connectivity index (χ0n) is 34.5. The zero-order chi connectivity index (χ0) is 45.6. The van der Waals surface area contributed by atoms with E-state index >= 15 is 0 Å². The van der Waals surface area contributed by atoms with Crippen molar-refractivity contribution in [3.63, 3.8) is 0 Å². The van der Waals surface area contributed by atoms with Gasteiger partial charge in [-0.2, -0.15) is 13.2 Å². The molecule has 3 atom stereocenters. The van der Waals surface area contributed by atoms with E-state index in [1.54, 1.807) is 12.1 Å². The van der Waals surface area contributed by atoms with Gasteiger partial charge in [0.25, 0.3) is 25.8 Å². The van der Waals surface area contributed by atoms with Crippen LogP contribution < -0.4 is 14.9 Å². The molecular weight excluding hydrogens is 909 g/mol. The fraction of sp³-hybridized carbons (Fsp3) is 0.326. The molecule has 7 rings (SSSR count). The summed E-state index contributed by atoms with van der Waals surface area (Å²) in [7, 11) is -11.0. The minimum absolute atomic E-state index is 0.0191. The number of hydrogen-bond donors (Lipinski definition) is 4. The molecule has 340 valence electrons. The van der Waals surface area contributed by atoms with E-state index in [-0.39, 0.29) is 24.1 Å². The van der Waals surface area contributed by atoms with Crippen molar-refractivity contribution in [3.8, 4) is 11.1 Å². The highest BCUT2D eigenvalue weighted by atomic mass is 35.5. The fourth-order valence-corrected chi connectivity index (χ4v) is 11.3. The first kappa shape index (κ1) is 47.3. The Hall–Kier alpha value is -4.62. The lowest BCUT2D eigenvalue weighted by molar-refractivity contribution is -0.0435. The predicted molar refractivity (Wildman–Crippen MR) is 244 cm³/mol. The molecular formula is C46H48ClF3N4O7S3. The molecule has 0 radical (unpaired) electrons. The molecule has 2 aliphatic heterocycles. The second kappa shape index (κ2) is 20.3. The van der Waals surface area contributed by atoms with E-state index in [0.717, 1.165) is 52.4 Å². The smallest absolute Gasteiger partial charge is 0.395 e. The number of sulfonamides is 1. The van der Waals surface area contributed by atoms with Crippen LogP contribution in [0.3, 0.4) is 0 Å². The Morgan fingerprint density at radius 3 is 2.16 bits per heavy atom. The second-order valence-electron chi connectivity index (χ2n) is 15.9. The van der Waals surface area contributed by atoms with E-state index in [1.165, 1.54) is 23.9 Å². The summed E-state index contributed by atoms with van der Waals surface area (Å²) in [6.07, 6.45) is 1.82. The molecule has 5 aromatic carbocycles. The number of thioether (sulfide) groups is 1. The molecule has 0 aromatic heterocycles. The number of benzene rings is 5. The first-order valence-electron chi connectivity index (χ1n) is 20.7. The summed E-state index contributed by atoms with van der Waals surface area (Å²) in [5.74, 6) is -0.760. The molecule has 0 spiro atoms. The number of nitrogens with one attached hydrogen (secondary N) is 2. The van der Waals surface area contributed by atoms with Gasteiger partial charge in [-0.1, -0.05) is 66.2 Å². The molecule has 18 heteroatoms. The van der Waals surface area contributed by atoms with Gasteiger partial charge in [0.05, 0.1) is 23.3 Å². The number of anilines is 2. The SMILES string of the molecule is O=C(NS(=O)(=O)c1ccc(N[C@@H](CSc2ccccc2)CC2CCN2CCO)c(S(=O)(=O)C(F)(F)F)c1)c1ccc(N2CCC([C@H](O)c3ccccc3-c3ccc(Cl)cc3)CC2)cc1. The number of alkyl halides is 3.